The Hall–Kier alpha value is -2.73. The molecule has 1 aromatic heterocycles. The zero-order chi connectivity index (χ0) is 18.5. The van der Waals surface area contributed by atoms with Crippen molar-refractivity contribution in [1.29, 1.82) is 0 Å². The highest BCUT2D eigenvalue weighted by Crippen LogP contribution is 2.20. The summed E-state index contributed by atoms with van der Waals surface area (Å²) < 4.78 is 10.7. The molecule has 1 heterocycles. The lowest BCUT2D eigenvalue weighted by molar-refractivity contribution is -0.132. The van der Waals surface area contributed by atoms with Crippen molar-refractivity contribution in [1.82, 2.24) is 4.90 Å². The Kier molecular flexibility index (Phi) is 5.63. The fourth-order valence-corrected chi connectivity index (χ4v) is 2.89. The molecular weight excluding hydrogens is 350 g/mol. The molecule has 26 heavy (non-hydrogen) atoms. The molecule has 0 radical (unpaired) electrons. The lowest BCUT2D eigenvalue weighted by Crippen LogP contribution is -2.30. The number of likely N-dealkylation sites (N-methyl/N-ethyl adjacent to an activating group) is 1. The highest BCUT2D eigenvalue weighted by atomic mass is 32.2. The highest BCUT2D eigenvalue weighted by Gasteiger charge is 2.11. The van der Waals surface area contributed by atoms with Gasteiger partial charge in [0.2, 0.25) is 0 Å². The van der Waals surface area contributed by atoms with E-state index in [1.807, 2.05) is 30.5 Å². The molecule has 2 aromatic carbocycles. The number of hydrogen-bond acceptors (Lipinski definition) is 5. The van der Waals surface area contributed by atoms with Crippen LogP contribution in [0.3, 0.4) is 0 Å². The van der Waals surface area contributed by atoms with Crippen LogP contribution in [0.4, 0.5) is 0 Å². The molecule has 3 rings (SSSR count). The molecule has 0 bridgehead atoms. The summed E-state index contributed by atoms with van der Waals surface area (Å²) in [6, 6.07) is 16.3. The van der Waals surface area contributed by atoms with Crippen molar-refractivity contribution in [3.8, 4) is 5.75 Å². The van der Waals surface area contributed by atoms with Crippen molar-refractivity contribution in [2.45, 2.75) is 11.4 Å². The molecule has 0 spiro atoms. The average molecular weight is 369 g/mol. The molecule has 0 unspecified atom stereocenters. The van der Waals surface area contributed by atoms with Crippen molar-refractivity contribution in [3.63, 3.8) is 0 Å². The van der Waals surface area contributed by atoms with Gasteiger partial charge >= 0.3 is 5.63 Å². The van der Waals surface area contributed by atoms with E-state index in [4.69, 9.17) is 9.15 Å². The molecule has 0 saturated heterocycles. The minimum Gasteiger partial charge on any atom is -0.484 e. The maximum Gasteiger partial charge on any atom is 0.336 e. The van der Waals surface area contributed by atoms with Crippen LogP contribution in [-0.4, -0.2) is 30.7 Å². The summed E-state index contributed by atoms with van der Waals surface area (Å²) in [4.78, 5) is 26.4. The van der Waals surface area contributed by atoms with Crippen LogP contribution in [0.15, 0.2) is 68.7 Å². The van der Waals surface area contributed by atoms with Crippen molar-refractivity contribution < 1.29 is 13.9 Å². The van der Waals surface area contributed by atoms with Gasteiger partial charge in [-0.05, 0) is 42.2 Å². The lowest BCUT2D eigenvalue weighted by Gasteiger charge is -2.18. The number of ether oxygens (including phenoxy) is 1. The van der Waals surface area contributed by atoms with E-state index in [1.165, 1.54) is 11.0 Å². The van der Waals surface area contributed by atoms with E-state index in [0.29, 0.717) is 17.9 Å². The van der Waals surface area contributed by atoms with Crippen LogP contribution in [0.2, 0.25) is 0 Å². The molecule has 0 aliphatic carbocycles. The van der Waals surface area contributed by atoms with E-state index < -0.39 is 5.63 Å². The first kappa shape index (κ1) is 18.1. The zero-order valence-corrected chi connectivity index (χ0v) is 15.4. The standard InChI is InChI=1S/C20H19NO4S/c1-21(12-14-3-8-17(26-2)9-4-14)19(22)13-24-16-7-5-15-6-10-20(23)25-18(15)11-16/h3-11H,12-13H2,1-2H3. The van der Waals surface area contributed by atoms with Crippen LogP contribution in [0.5, 0.6) is 5.75 Å². The van der Waals surface area contributed by atoms with Gasteiger partial charge in [0.25, 0.3) is 5.91 Å². The number of carbonyl (C=O) groups is 1. The van der Waals surface area contributed by atoms with Crippen LogP contribution in [0.25, 0.3) is 11.0 Å². The third-order valence-corrected chi connectivity index (χ3v) is 4.70. The minimum absolute atomic E-state index is 0.0814. The Balaban J connectivity index is 1.59. The van der Waals surface area contributed by atoms with Gasteiger partial charge in [0.15, 0.2) is 6.61 Å². The van der Waals surface area contributed by atoms with Crippen LogP contribution in [-0.2, 0) is 11.3 Å². The number of hydrogen-bond donors (Lipinski definition) is 0. The second-order valence-corrected chi connectivity index (χ2v) is 6.72. The van der Waals surface area contributed by atoms with Gasteiger partial charge in [-0.25, -0.2) is 4.79 Å². The van der Waals surface area contributed by atoms with Crippen molar-refractivity contribution in [2.24, 2.45) is 0 Å². The average Bonchev–Trinajstić information content (AvgIpc) is 2.66. The number of carbonyl (C=O) groups excluding carboxylic acids is 1. The Labute approximate surface area is 155 Å². The van der Waals surface area contributed by atoms with Gasteiger partial charge in [-0.15, -0.1) is 11.8 Å². The number of nitrogens with zero attached hydrogens (tertiary/aromatic N) is 1. The van der Waals surface area contributed by atoms with Gasteiger partial charge in [-0.1, -0.05) is 12.1 Å². The van der Waals surface area contributed by atoms with Crippen LogP contribution < -0.4 is 10.4 Å². The van der Waals surface area contributed by atoms with Gasteiger partial charge in [0.1, 0.15) is 11.3 Å². The molecule has 0 fully saturated rings. The molecule has 0 aliphatic heterocycles. The SMILES string of the molecule is CSc1ccc(CN(C)C(=O)COc2ccc3ccc(=O)oc3c2)cc1. The monoisotopic (exact) mass is 369 g/mol. The number of thioether (sulfide) groups is 1. The van der Waals surface area contributed by atoms with Crippen LogP contribution in [0.1, 0.15) is 5.56 Å². The topological polar surface area (TPSA) is 59.8 Å². The van der Waals surface area contributed by atoms with Crippen molar-refractivity contribution in [2.75, 3.05) is 19.9 Å². The molecule has 1 amide bonds. The Morgan fingerprint density at radius 2 is 1.85 bits per heavy atom. The highest BCUT2D eigenvalue weighted by molar-refractivity contribution is 7.98. The van der Waals surface area contributed by atoms with Gasteiger partial charge in [0, 0.05) is 36.0 Å². The van der Waals surface area contributed by atoms with E-state index in [-0.39, 0.29) is 12.5 Å². The molecule has 3 aromatic rings. The predicted molar refractivity (Wildman–Crippen MR) is 103 cm³/mol. The van der Waals surface area contributed by atoms with E-state index >= 15 is 0 Å². The van der Waals surface area contributed by atoms with Crippen LogP contribution in [0, 0.1) is 0 Å². The summed E-state index contributed by atoms with van der Waals surface area (Å²) in [7, 11) is 1.74. The zero-order valence-electron chi connectivity index (χ0n) is 14.6. The minimum atomic E-state index is -0.419. The molecule has 0 atom stereocenters. The Morgan fingerprint density at radius 1 is 1.12 bits per heavy atom. The summed E-state index contributed by atoms with van der Waals surface area (Å²) >= 11 is 1.68. The molecule has 0 saturated carbocycles. The summed E-state index contributed by atoms with van der Waals surface area (Å²) in [6.07, 6.45) is 2.03. The maximum absolute atomic E-state index is 12.3. The fourth-order valence-electron chi connectivity index (χ4n) is 2.48. The first-order chi connectivity index (χ1) is 12.5. The van der Waals surface area contributed by atoms with Gasteiger partial charge in [-0.2, -0.15) is 0 Å². The first-order valence-corrected chi connectivity index (χ1v) is 9.31. The smallest absolute Gasteiger partial charge is 0.336 e. The molecule has 5 nitrogen and oxygen atoms in total. The summed E-state index contributed by atoms with van der Waals surface area (Å²) in [6.45, 7) is 0.436. The molecule has 0 N–H and O–H groups in total. The van der Waals surface area contributed by atoms with E-state index in [9.17, 15) is 9.59 Å². The third-order valence-electron chi connectivity index (χ3n) is 3.96. The summed E-state index contributed by atoms with van der Waals surface area (Å²) in [5, 5.41) is 0.800. The van der Waals surface area contributed by atoms with Crippen molar-refractivity contribution >= 4 is 28.6 Å². The maximum atomic E-state index is 12.3. The van der Waals surface area contributed by atoms with E-state index in [0.717, 1.165) is 10.9 Å². The van der Waals surface area contributed by atoms with Gasteiger partial charge in [0.05, 0.1) is 0 Å². The van der Waals surface area contributed by atoms with Crippen LogP contribution >= 0.6 is 11.8 Å². The predicted octanol–water partition coefficient (Wildman–Crippen LogP) is 3.55. The van der Waals surface area contributed by atoms with Gasteiger partial charge < -0.3 is 14.1 Å². The normalized spacial score (nSPS) is 10.7. The summed E-state index contributed by atoms with van der Waals surface area (Å²) in [5.74, 6) is 0.353. The summed E-state index contributed by atoms with van der Waals surface area (Å²) in [5.41, 5.74) is 1.08. The van der Waals surface area contributed by atoms with E-state index in [2.05, 4.69) is 0 Å². The third kappa shape index (κ3) is 4.46. The molecule has 6 heteroatoms. The van der Waals surface area contributed by atoms with E-state index in [1.54, 1.807) is 48.0 Å². The fraction of sp³-hybridized carbons (Fsp3) is 0.200. The molecule has 0 aliphatic rings. The molecule has 134 valence electrons. The van der Waals surface area contributed by atoms with Gasteiger partial charge in [-0.3, -0.25) is 4.79 Å². The molecular formula is C20H19NO4S. The number of rotatable bonds is 6. The Morgan fingerprint density at radius 3 is 2.58 bits per heavy atom. The lowest BCUT2D eigenvalue weighted by atomic mass is 10.2. The second-order valence-electron chi connectivity index (χ2n) is 5.84. The largest absolute Gasteiger partial charge is 0.484 e. The number of amides is 1. The Bertz CT molecular complexity index is 965. The second kappa shape index (κ2) is 8.10. The first-order valence-electron chi connectivity index (χ1n) is 8.09. The number of fused-ring (bicyclic) bond motifs is 1. The van der Waals surface area contributed by atoms with Crippen molar-refractivity contribution in [3.05, 3.63) is 70.6 Å². The quantitative estimate of drug-likeness (QED) is 0.491. The number of benzene rings is 2.